The Morgan fingerprint density at radius 3 is 2.42 bits per heavy atom. The van der Waals surface area contributed by atoms with Crippen molar-refractivity contribution in [3.05, 3.63) is 88.1 Å². The number of anilines is 1. The van der Waals surface area contributed by atoms with E-state index in [-0.39, 0.29) is 24.2 Å². The fourth-order valence-corrected chi connectivity index (χ4v) is 4.02. The second-order valence-corrected chi connectivity index (χ2v) is 8.79. The molecule has 1 heterocycles. The van der Waals surface area contributed by atoms with Crippen LogP contribution >= 0.6 is 11.3 Å². The molecule has 3 amide bonds. The highest BCUT2D eigenvalue weighted by molar-refractivity contribution is 7.09. The first-order valence-corrected chi connectivity index (χ1v) is 11.6. The summed E-state index contributed by atoms with van der Waals surface area (Å²) in [7, 11) is 0. The van der Waals surface area contributed by atoms with Crippen LogP contribution in [-0.4, -0.2) is 34.3 Å². The van der Waals surface area contributed by atoms with Crippen molar-refractivity contribution in [2.24, 2.45) is 0 Å². The molecular weight excluding hydrogens is 444 g/mol. The molecule has 2 aromatic carbocycles. The van der Waals surface area contributed by atoms with Crippen LogP contribution in [0.3, 0.4) is 0 Å². The molecule has 1 aromatic heterocycles. The average molecular weight is 472 g/mol. The van der Waals surface area contributed by atoms with Gasteiger partial charge in [-0.05, 0) is 42.5 Å². The molecule has 8 heteroatoms. The largest absolute Gasteiger partial charge is 0.332 e. The van der Waals surface area contributed by atoms with Crippen LogP contribution in [0.25, 0.3) is 0 Å². The molecule has 0 radical (unpaired) electrons. The van der Waals surface area contributed by atoms with Gasteiger partial charge in [0.1, 0.15) is 18.2 Å². The molecule has 0 bridgehead atoms. The lowest BCUT2D eigenvalue weighted by Gasteiger charge is -2.31. The second-order valence-electron chi connectivity index (χ2n) is 7.75. The van der Waals surface area contributed by atoms with Gasteiger partial charge in [-0.2, -0.15) is 0 Å². The van der Waals surface area contributed by atoms with Crippen molar-refractivity contribution >= 4 is 29.0 Å². The fraction of sp³-hybridized carbons (Fsp3) is 0.280. The van der Waals surface area contributed by atoms with E-state index in [2.05, 4.69) is 5.32 Å². The summed E-state index contributed by atoms with van der Waals surface area (Å²) in [6, 6.07) is 15.6. The number of urea groups is 1. The first-order valence-electron chi connectivity index (χ1n) is 10.7. The predicted octanol–water partition coefficient (Wildman–Crippen LogP) is 5.89. The number of carbonyl (C=O) groups is 2. The highest BCUT2D eigenvalue weighted by Gasteiger charge is 2.26. The molecule has 0 saturated carbocycles. The SMILES string of the molecule is CCC(C)N(CC(=O)N(Cc1ccccc1)Cc1cccs1)C(=O)Nc1ccc(F)cc1F. The molecule has 3 aromatic rings. The van der Waals surface area contributed by atoms with Crippen LogP contribution in [0.2, 0.25) is 0 Å². The number of benzene rings is 2. The van der Waals surface area contributed by atoms with E-state index in [1.165, 1.54) is 4.90 Å². The topological polar surface area (TPSA) is 52.7 Å². The molecule has 33 heavy (non-hydrogen) atoms. The van der Waals surface area contributed by atoms with Gasteiger partial charge in [0.25, 0.3) is 0 Å². The van der Waals surface area contributed by atoms with Crippen molar-refractivity contribution in [3.8, 4) is 0 Å². The zero-order valence-corrected chi connectivity index (χ0v) is 19.4. The molecule has 0 saturated heterocycles. The summed E-state index contributed by atoms with van der Waals surface area (Å²) in [6.07, 6.45) is 0.607. The first-order chi connectivity index (χ1) is 15.9. The van der Waals surface area contributed by atoms with E-state index in [1.54, 1.807) is 16.2 Å². The number of nitrogens with zero attached hydrogens (tertiary/aromatic N) is 2. The van der Waals surface area contributed by atoms with Crippen molar-refractivity contribution in [1.29, 1.82) is 0 Å². The number of hydrogen-bond acceptors (Lipinski definition) is 3. The van der Waals surface area contributed by atoms with Gasteiger partial charge in [0, 0.05) is 23.5 Å². The lowest BCUT2D eigenvalue weighted by molar-refractivity contribution is -0.133. The third-order valence-electron chi connectivity index (χ3n) is 5.36. The van der Waals surface area contributed by atoms with E-state index in [1.807, 2.05) is 61.7 Å². The molecule has 0 aliphatic carbocycles. The van der Waals surface area contributed by atoms with E-state index >= 15 is 0 Å². The summed E-state index contributed by atoms with van der Waals surface area (Å²) < 4.78 is 27.3. The summed E-state index contributed by atoms with van der Waals surface area (Å²) in [5.74, 6) is -1.82. The van der Waals surface area contributed by atoms with Gasteiger partial charge in [-0.25, -0.2) is 13.6 Å². The van der Waals surface area contributed by atoms with Crippen LogP contribution in [0.5, 0.6) is 0 Å². The minimum absolute atomic E-state index is 0.137. The number of hydrogen-bond donors (Lipinski definition) is 1. The van der Waals surface area contributed by atoms with Crippen molar-refractivity contribution in [2.75, 3.05) is 11.9 Å². The van der Waals surface area contributed by atoms with E-state index < -0.39 is 17.7 Å². The minimum atomic E-state index is -0.873. The summed E-state index contributed by atoms with van der Waals surface area (Å²) in [4.78, 5) is 30.5. The molecule has 5 nitrogen and oxygen atoms in total. The van der Waals surface area contributed by atoms with Gasteiger partial charge in [-0.3, -0.25) is 4.79 Å². The van der Waals surface area contributed by atoms with Crippen LogP contribution in [0.4, 0.5) is 19.3 Å². The maximum absolute atomic E-state index is 14.1. The third-order valence-corrected chi connectivity index (χ3v) is 6.22. The van der Waals surface area contributed by atoms with Gasteiger partial charge in [0.15, 0.2) is 0 Å². The molecule has 3 rings (SSSR count). The van der Waals surface area contributed by atoms with Gasteiger partial charge < -0.3 is 15.1 Å². The van der Waals surface area contributed by atoms with Crippen molar-refractivity contribution < 1.29 is 18.4 Å². The molecule has 0 fully saturated rings. The maximum Gasteiger partial charge on any atom is 0.322 e. The van der Waals surface area contributed by atoms with Crippen LogP contribution < -0.4 is 5.32 Å². The highest BCUT2D eigenvalue weighted by atomic mass is 32.1. The predicted molar refractivity (Wildman–Crippen MR) is 127 cm³/mol. The number of amides is 3. The van der Waals surface area contributed by atoms with Crippen LogP contribution in [-0.2, 0) is 17.9 Å². The Morgan fingerprint density at radius 2 is 1.79 bits per heavy atom. The summed E-state index contributed by atoms with van der Waals surface area (Å²) in [5, 5.41) is 4.42. The average Bonchev–Trinajstić information content (AvgIpc) is 3.32. The van der Waals surface area contributed by atoms with E-state index in [4.69, 9.17) is 0 Å². The van der Waals surface area contributed by atoms with Gasteiger partial charge in [0.2, 0.25) is 5.91 Å². The van der Waals surface area contributed by atoms with Gasteiger partial charge in [0.05, 0.1) is 12.2 Å². The molecule has 1 atom stereocenters. The smallest absolute Gasteiger partial charge is 0.322 e. The van der Waals surface area contributed by atoms with E-state index in [0.29, 0.717) is 25.6 Å². The highest BCUT2D eigenvalue weighted by Crippen LogP contribution is 2.18. The van der Waals surface area contributed by atoms with Crippen LogP contribution in [0.15, 0.2) is 66.0 Å². The maximum atomic E-state index is 14.1. The number of rotatable bonds is 9. The Kier molecular flexibility index (Phi) is 8.54. The Balaban J connectivity index is 1.78. The summed E-state index contributed by atoms with van der Waals surface area (Å²) in [6.45, 7) is 4.39. The Morgan fingerprint density at radius 1 is 1.03 bits per heavy atom. The van der Waals surface area contributed by atoms with Crippen molar-refractivity contribution in [3.63, 3.8) is 0 Å². The molecular formula is C25H27F2N3O2S. The normalized spacial score (nSPS) is 11.6. The summed E-state index contributed by atoms with van der Waals surface area (Å²) in [5.41, 5.74) is 0.845. The number of halogens is 2. The Hall–Kier alpha value is -3.26. The minimum Gasteiger partial charge on any atom is -0.332 e. The molecule has 0 aliphatic heterocycles. The lowest BCUT2D eigenvalue weighted by Crippen LogP contribution is -2.48. The van der Waals surface area contributed by atoms with Gasteiger partial charge in [-0.15, -0.1) is 11.3 Å². The van der Waals surface area contributed by atoms with Crippen LogP contribution in [0, 0.1) is 11.6 Å². The zero-order valence-electron chi connectivity index (χ0n) is 18.6. The molecule has 0 spiro atoms. The molecule has 1 N–H and O–H groups in total. The third kappa shape index (κ3) is 6.86. The van der Waals surface area contributed by atoms with E-state index in [0.717, 1.165) is 22.6 Å². The molecule has 0 aliphatic rings. The second kappa shape index (κ2) is 11.6. The lowest BCUT2D eigenvalue weighted by atomic mass is 10.2. The summed E-state index contributed by atoms with van der Waals surface area (Å²) >= 11 is 1.56. The standard InChI is InChI=1S/C25H27F2N3O2S/c1-3-18(2)30(25(32)28-23-12-11-20(26)14-22(23)27)17-24(31)29(16-21-10-7-13-33-21)15-19-8-5-4-6-9-19/h4-14,18H,3,15-17H2,1-2H3,(H,28,32). The van der Waals surface area contributed by atoms with Crippen molar-refractivity contribution in [1.82, 2.24) is 9.80 Å². The van der Waals surface area contributed by atoms with Crippen LogP contribution in [0.1, 0.15) is 30.7 Å². The Bertz CT molecular complexity index is 1060. The molecule has 1 unspecified atom stereocenters. The number of nitrogens with one attached hydrogen (secondary N) is 1. The number of thiophene rings is 1. The van der Waals surface area contributed by atoms with Gasteiger partial charge >= 0.3 is 6.03 Å². The fourth-order valence-electron chi connectivity index (χ4n) is 3.30. The molecule has 174 valence electrons. The zero-order chi connectivity index (χ0) is 23.8. The quantitative estimate of drug-likeness (QED) is 0.423. The van der Waals surface area contributed by atoms with E-state index in [9.17, 15) is 18.4 Å². The Labute approximate surface area is 196 Å². The number of carbonyl (C=O) groups excluding carboxylic acids is 2. The van der Waals surface area contributed by atoms with Gasteiger partial charge in [-0.1, -0.05) is 43.3 Å². The monoisotopic (exact) mass is 471 g/mol. The first kappa shape index (κ1) is 24.4. The van der Waals surface area contributed by atoms with Crippen molar-refractivity contribution in [2.45, 2.75) is 39.4 Å².